The van der Waals surface area contributed by atoms with Gasteiger partial charge in [0.05, 0.1) is 6.04 Å². The van der Waals surface area contributed by atoms with Crippen molar-refractivity contribution in [1.82, 2.24) is 15.5 Å². The molecule has 1 heterocycles. The van der Waals surface area contributed by atoms with Gasteiger partial charge in [-0.05, 0) is 43.7 Å². The van der Waals surface area contributed by atoms with E-state index >= 15 is 0 Å². The number of amides is 4. The van der Waals surface area contributed by atoms with Crippen molar-refractivity contribution < 1.29 is 14.4 Å². The maximum absolute atomic E-state index is 12.6. The molecule has 4 amide bonds. The minimum Gasteiger partial charge on any atom is -0.350 e. The van der Waals surface area contributed by atoms with Crippen LogP contribution in [0.5, 0.6) is 0 Å². The maximum atomic E-state index is 12.6. The predicted molar refractivity (Wildman–Crippen MR) is 103 cm³/mol. The number of benzene rings is 1. The molecule has 2 N–H and O–H groups in total. The van der Waals surface area contributed by atoms with Gasteiger partial charge in [-0.3, -0.25) is 14.5 Å². The number of nitrogens with zero attached hydrogens (tertiary/aromatic N) is 1. The third-order valence-electron chi connectivity index (χ3n) is 5.75. The van der Waals surface area contributed by atoms with Gasteiger partial charge in [0.25, 0.3) is 5.91 Å². The molecule has 0 radical (unpaired) electrons. The van der Waals surface area contributed by atoms with Gasteiger partial charge in [0.2, 0.25) is 5.91 Å². The highest BCUT2D eigenvalue weighted by atomic mass is 16.2. The molecule has 0 aromatic heterocycles. The van der Waals surface area contributed by atoms with Gasteiger partial charge in [0.15, 0.2) is 0 Å². The predicted octanol–water partition coefficient (Wildman–Crippen LogP) is 3.07. The van der Waals surface area contributed by atoms with Crippen LogP contribution in [0.15, 0.2) is 24.3 Å². The van der Waals surface area contributed by atoms with Crippen LogP contribution in [0.2, 0.25) is 0 Å². The quantitative estimate of drug-likeness (QED) is 0.723. The van der Waals surface area contributed by atoms with Gasteiger partial charge < -0.3 is 10.6 Å². The average Bonchev–Trinajstić information content (AvgIpc) is 3.22. The number of urea groups is 1. The fourth-order valence-electron chi connectivity index (χ4n) is 4.03. The molecule has 27 heavy (non-hydrogen) atoms. The van der Waals surface area contributed by atoms with Gasteiger partial charge in [-0.2, -0.15) is 0 Å². The van der Waals surface area contributed by atoms with Crippen LogP contribution in [0.4, 0.5) is 4.79 Å². The van der Waals surface area contributed by atoms with Crippen LogP contribution in [0.25, 0.3) is 0 Å². The van der Waals surface area contributed by atoms with Crippen LogP contribution in [-0.4, -0.2) is 34.8 Å². The van der Waals surface area contributed by atoms with E-state index in [1.807, 2.05) is 19.1 Å². The van der Waals surface area contributed by atoms with Gasteiger partial charge in [0, 0.05) is 13.0 Å². The fraction of sp³-hybridized carbons (Fsp3) is 0.571. The first-order valence-electron chi connectivity index (χ1n) is 9.97. The Morgan fingerprint density at radius 2 is 1.89 bits per heavy atom. The van der Waals surface area contributed by atoms with Crippen LogP contribution >= 0.6 is 0 Å². The number of rotatable bonds is 7. The van der Waals surface area contributed by atoms with Gasteiger partial charge in [-0.15, -0.1) is 0 Å². The van der Waals surface area contributed by atoms with Crippen molar-refractivity contribution in [3.8, 4) is 0 Å². The third kappa shape index (κ3) is 4.15. The normalized spacial score (nSPS) is 19.4. The summed E-state index contributed by atoms with van der Waals surface area (Å²) in [6, 6.07) is 7.85. The second-order valence-corrected chi connectivity index (χ2v) is 7.66. The van der Waals surface area contributed by atoms with Crippen molar-refractivity contribution >= 4 is 17.8 Å². The lowest BCUT2D eigenvalue weighted by Gasteiger charge is -2.20. The van der Waals surface area contributed by atoms with E-state index in [2.05, 4.69) is 29.7 Å². The maximum Gasteiger partial charge on any atom is 0.325 e. The zero-order valence-corrected chi connectivity index (χ0v) is 16.2. The topological polar surface area (TPSA) is 78.5 Å². The van der Waals surface area contributed by atoms with Crippen molar-refractivity contribution in [2.75, 3.05) is 6.54 Å². The highest BCUT2D eigenvalue weighted by Gasteiger charge is 2.51. The van der Waals surface area contributed by atoms with Crippen LogP contribution in [-0.2, 0) is 16.0 Å². The van der Waals surface area contributed by atoms with Gasteiger partial charge >= 0.3 is 6.03 Å². The molecule has 146 valence electrons. The molecule has 1 saturated carbocycles. The van der Waals surface area contributed by atoms with Crippen LogP contribution in [0.3, 0.4) is 0 Å². The van der Waals surface area contributed by atoms with Crippen molar-refractivity contribution in [2.45, 2.75) is 70.4 Å². The average molecular weight is 371 g/mol. The molecule has 1 aliphatic heterocycles. The Bertz CT molecular complexity index is 708. The molecule has 3 rings (SSSR count). The molecule has 1 atom stereocenters. The number of carbonyl (C=O) groups is 3. The van der Waals surface area contributed by atoms with E-state index in [1.165, 1.54) is 10.5 Å². The molecule has 0 unspecified atom stereocenters. The summed E-state index contributed by atoms with van der Waals surface area (Å²) in [6.07, 6.45) is 5.15. The lowest BCUT2D eigenvalue weighted by Crippen LogP contribution is -2.44. The van der Waals surface area contributed by atoms with E-state index in [1.54, 1.807) is 0 Å². The SMILES string of the molecule is CCc1ccc([C@H](C)NC(=O)CCCN2C(=O)NC3(CCCC3)C2=O)cc1. The molecule has 1 spiro atoms. The van der Waals surface area contributed by atoms with Crippen molar-refractivity contribution in [1.29, 1.82) is 0 Å². The molecule has 0 bridgehead atoms. The molecule has 1 aromatic rings. The zero-order valence-electron chi connectivity index (χ0n) is 16.2. The van der Waals surface area contributed by atoms with Gasteiger partial charge in [-0.1, -0.05) is 44.0 Å². The van der Waals surface area contributed by atoms with E-state index in [9.17, 15) is 14.4 Å². The van der Waals surface area contributed by atoms with Crippen molar-refractivity contribution in [3.63, 3.8) is 0 Å². The van der Waals surface area contributed by atoms with Crippen LogP contribution in [0.1, 0.15) is 69.5 Å². The first kappa shape index (κ1) is 19.4. The largest absolute Gasteiger partial charge is 0.350 e. The Morgan fingerprint density at radius 3 is 2.52 bits per heavy atom. The van der Waals surface area contributed by atoms with E-state index in [4.69, 9.17) is 0 Å². The molecule has 1 saturated heterocycles. The number of imide groups is 1. The smallest absolute Gasteiger partial charge is 0.325 e. The van der Waals surface area contributed by atoms with E-state index in [0.717, 1.165) is 37.7 Å². The number of hydrogen-bond acceptors (Lipinski definition) is 3. The third-order valence-corrected chi connectivity index (χ3v) is 5.75. The Morgan fingerprint density at radius 1 is 1.22 bits per heavy atom. The van der Waals surface area contributed by atoms with Gasteiger partial charge in [-0.25, -0.2) is 4.79 Å². The molecule has 1 aliphatic carbocycles. The summed E-state index contributed by atoms with van der Waals surface area (Å²) >= 11 is 0. The highest BCUT2D eigenvalue weighted by molar-refractivity contribution is 6.07. The number of carbonyl (C=O) groups excluding carboxylic acids is 3. The number of nitrogens with one attached hydrogen (secondary N) is 2. The second-order valence-electron chi connectivity index (χ2n) is 7.66. The van der Waals surface area contributed by atoms with E-state index in [-0.39, 0.29) is 23.9 Å². The summed E-state index contributed by atoms with van der Waals surface area (Å²) in [6.45, 7) is 4.36. The summed E-state index contributed by atoms with van der Waals surface area (Å²) < 4.78 is 0. The van der Waals surface area contributed by atoms with Crippen LogP contribution in [0, 0.1) is 0 Å². The molecular weight excluding hydrogens is 342 g/mol. The summed E-state index contributed by atoms with van der Waals surface area (Å²) in [7, 11) is 0. The first-order chi connectivity index (χ1) is 12.9. The standard InChI is InChI=1S/C21H29N3O3/c1-3-16-8-10-17(11-9-16)15(2)22-18(25)7-6-14-24-19(26)21(23-20(24)27)12-4-5-13-21/h8-11,15H,3-7,12-14H2,1-2H3,(H,22,25)(H,23,27)/t15-/m0/s1. The Kier molecular flexibility index (Phi) is 5.82. The lowest BCUT2D eigenvalue weighted by molar-refractivity contribution is -0.131. The number of hydrogen-bond donors (Lipinski definition) is 2. The summed E-state index contributed by atoms with van der Waals surface area (Å²) in [4.78, 5) is 38.2. The number of aryl methyl sites for hydroxylation is 1. The second kappa shape index (κ2) is 8.11. The highest BCUT2D eigenvalue weighted by Crippen LogP contribution is 2.35. The molecule has 2 fully saturated rings. The molecule has 2 aliphatic rings. The fourth-order valence-corrected chi connectivity index (χ4v) is 4.03. The van der Waals surface area contributed by atoms with E-state index < -0.39 is 5.54 Å². The Balaban J connectivity index is 1.45. The Labute approximate surface area is 160 Å². The first-order valence-corrected chi connectivity index (χ1v) is 9.97. The van der Waals surface area contributed by atoms with Crippen molar-refractivity contribution in [2.24, 2.45) is 0 Å². The molecule has 6 nitrogen and oxygen atoms in total. The van der Waals surface area contributed by atoms with Crippen LogP contribution < -0.4 is 10.6 Å². The summed E-state index contributed by atoms with van der Waals surface area (Å²) in [5.41, 5.74) is 1.67. The lowest BCUT2D eigenvalue weighted by atomic mass is 9.98. The van der Waals surface area contributed by atoms with E-state index in [0.29, 0.717) is 19.4 Å². The van der Waals surface area contributed by atoms with Crippen molar-refractivity contribution in [3.05, 3.63) is 35.4 Å². The Hall–Kier alpha value is -2.37. The minimum absolute atomic E-state index is 0.0651. The zero-order chi connectivity index (χ0) is 19.4. The molecule has 1 aromatic carbocycles. The summed E-state index contributed by atoms with van der Waals surface area (Å²) in [5.74, 6) is -0.181. The van der Waals surface area contributed by atoms with Gasteiger partial charge in [0.1, 0.15) is 5.54 Å². The molecule has 6 heteroatoms. The summed E-state index contributed by atoms with van der Waals surface area (Å²) in [5, 5.41) is 5.85. The minimum atomic E-state index is -0.668. The molecular formula is C21H29N3O3. The monoisotopic (exact) mass is 371 g/mol.